The van der Waals surface area contributed by atoms with Crippen LogP contribution in [0.1, 0.15) is 47.4 Å². The van der Waals surface area contributed by atoms with Crippen LogP contribution in [0.25, 0.3) is 11.1 Å². The Morgan fingerprint density at radius 3 is 2.56 bits per heavy atom. The van der Waals surface area contributed by atoms with Gasteiger partial charge in [-0.05, 0) is 65.5 Å². The molecule has 0 nitrogen and oxygen atoms in total. The molecule has 1 saturated carbocycles. The Labute approximate surface area is 109 Å². The molecule has 0 heterocycles. The molecule has 4 rings (SSSR count). The van der Waals surface area contributed by atoms with Crippen LogP contribution in [0.5, 0.6) is 0 Å². The first kappa shape index (κ1) is 10.4. The lowest BCUT2D eigenvalue weighted by Crippen LogP contribution is -2.12. The fraction of sp³-hybridized carbons (Fsp3) is 0.333. The summed E-state index contributed by atoms with van der Waals surface area (Å²) in [5.41, 5.74) is 9.28. The number of hydrogen-bond acceptors (Lipinski definition) is 0. The number of rotatable bonds is 1. The Hall–Kier alpha value is -1.56. The lowest BCUT2D eigenvalue weighted by molar-refractivity contribution is 0.416. The zero-order valence-corrected chi connectivity index (χ0v) is 10.9. The smallest absolute Gasteiger partial charge is 0.00105 e. The van der Waals surface area contributed by atoms with E-state index in [1.54, 1.807) is 11.1 Å². The summed E-state index contributed by atoms with van der Waals surface area (Å²) in [6, 6.07) is 13.6. The summed E-state index contributed by atoms with van der Waals surface area (Å²) in [6.45, 7) is 2.29. The van der Waals surface area contributed by atoms with Crippen molar-refractivity contribution in [3.63, 3.8) is 0 Å². The van der Waals surface area contributed by atoms with E-state index in [1.165, 1.54) is 41.5 Å². The van der Waals surface area contributed by atoms with Gasteiger partial charge in [0.05, 0.1) is 0 Å². The average molecular weight is 234 g/mol. The van der Waals surface area contributed by atoms with E-state index >= 15 is 0 Å². The van der Waals surface area contributed by atoms with Gasteiger partial charge in [0, 0.05) is 0 Å². The third-order valence-corrected chi connectivity index (χ3v) is 4.76. The molecule has 2 aliphatic rings. The van der Waals surface area contributed by atoms with Crippen LogP contribution in [0.2, 0.25) is 0 Å². The fourth-order valence-corrected chi connectivity index (χ4v) is 3.62. The summed E-state index contributed by atoms with van der Waals surface area (Å²) in [6.07, 6.45) is 5.36. The Balaban J connectivity index is 1.93. The van der Waals surface area contributed by atoms with Crippen molar-refractivity contribution in [2.45, 2.75) is 38.5 Å². The van der Waals surface area contributed by atoms with Gasteiger partial charge in [-0.2, -0.15) is 0 Å². The molecular weight excluding hydrogens is 216 g/mol. The van der Waals surface area contributed by atoms with Gasteiger partial charge < -0.3 is 0 Å². The van der Waals surface area contributed by atoms with Crippen molar-refractivity contribution >= 4 is 0 Å². The summed E-state index contributed by atoms with van der Waals surface area (Å²) >= 11 is 0. The molecule has 0 spiro atoms. The highest BCUT2D eigenvalue weighted by molar-refractivity contribution is 5.78. The van der Waals surface area contributed by atoms with Crippen molar-refractivity contribution in [3.05, 3.63) is 58.7 Å². The minimum absolute atomic E-state index is 0.842. The average Bonchev–Trinajstić information content (AvgIpc) is 2.69. The van der Waals surface area contributed by atoms with Crippen LogP contribution in [0.3, 0.4) is 0 Å². The summed E-state index contributed by atoms with van der Waals surface area (Å²) in [5.74, 6) is 0.842. The third-order valence-electron chi connectivity index (χ3n) is 4.76. The van der Waals surface area contributed by atoms with Crippen molar-refractivity contribution < 1.29 is 0 Å². The predicted octanol–water partition coefficient (Wildman–Crippen LogP) is 4.83. The van der Waals surface area contributed by atoms with Crippen molar-refractivity contribution in [3.8, 4) is 11.1 Å². The number of benzene rings is 2. The molecule has 0 radical (unpaired) electrons. The second-order valence-corrected chi connectivity index (χ2v) is 5.78. The maximum atomic E-state index is 2.33. The molecule has 2 aliphatic carbocycles. The first-order valence-electron chi connectivity index (χ1n) is 7.05. The minimum Gasteiger partial charge on any atom is -0.0619 e. The highest BCUT2D eigenvalue weighted by Gasteiger charge is 2.28. The van der Waals surface area contributed by atoms with Gasteiger partial charge in [0.1, 0.15) is 0 Å². The monoisotopic (exact) mass is 234 g/mol. The zero-order chi connectivity index (χ0) is 12.1. The second kappa shape index (κ2) is 3.71. The number of hydrogen-bond donors (Lipinski definition) is 0. The largest absolute Gasteiger partial charge is 0.0619 e. The maximum absolute atomic E-state index is 2.33. The van der Waals surface area contributed by atoms with E-state index in [9.17, 15) is 0 Å². The molecule has 0 aromatic heterocycles. The van der Waals surface area contributed by atoms with Crippen LogP contribution in [-0.4, -0.2) is 0 Å². The van der Waals surface area contributed by atoms with Gasteiger partial charge in [-0.25, -0.2) is 0 Å². The molecule has 0 N–H and O–H groups in total. The van der Waals surface area contributed by atoms with Crippen LogP contribution >= 0.6 is 0 Å². The van der Waals surface area contributed by atoms with E-state index in [0.717, 1.165) is 12.3 Å². The Kier molecular flexibility index (Phi) is 2.14. The van der Waals surface area contributed by atoms with E-state index in [2.05, 4.69) is 43.3 Å². The van der Waals surface area contributed by atoms with E-state index in [0.29, 0.717) is 0 Å². The Morgan fingerprint density at radius 1 is 0.944 bits per heavy atom. The van der Waals surface area contributed by atoms with Gasteiger partial charge in [0.15, 0.2) is 0 Å². The molecule has 0 unspecified atom stereocenters. The molecule has 2 aromatic carbocycles. The highest BCUT2D eigenvalue weighted by Crippen LogP contribution is 2.46. The topological polar surface area (TPSA) is 0 Å². The van der Waals surface area contributed by atoms with Gasteiger partial charge in [0.2, 0.25) is 0 Å². The number of fused-ring (bicyclic) bond motifs is 3. The van der Waals surface area contributed by atoms with E-state index < -0.39 is 0 Å². The van der Waals surface area contributed by atoms with Gasteiger partial charge >= 0.3 is 0 Å². The molecule has 0 bridgehead atoms. The third kappa shape index (κ3) is 1.32. The molecule has 90 valence electrons. The van der Waals surface area contributed by atoms with Gasteiger partial charge in [-0.1, -0.05) is 42.8 Å². The first-order valence-corrected chi connectivity index (χ1v) is 7.05. The molecule has 1 fully saturated rings. The van der Waals surface area contributed by atoms with Crippen LogP contribution in [-0.2, 0) is 6.42 Å². The summed E-state index contributed by atoms with van der Waals surface area (Å²) in [5, 5.41) is 0. The van der Waals surface area contributed by atoms with Gasteiger partial charge in [0.25, 0.3) is 0 Å². The van der Waals surface area contributed by atoms with E-state index in [-0.39, 0.29) is 0 Å². The van der Waals surface area contributed by atoms with Crippen LogP contribution in [0, 0.1) is 6.92 Å². The lowest BCUT2D eigenvalue weighted by Gasteiger charge is -2.29. The molecule has 18 heavy (non-hydrogen) atoms. The Bertz CT molecular complexity index is 618. The predicted molar refractivity (Wildman–Crippen MR) is 76.0 cm³/mol. The summed E-state index contributed by atoms with van der Waals surface area (Å²) in [4.78, 5) is 0. The maximum Gasteiger partial charge on any atom is -0.00105 e. The molecule has 0 heteroatoms. The second-order valence-electron chi connectivity index (χ2n) is 5.78. The molecule has 0 amide bonds. The summed E-state index contributed by atoms with van der Waals surface area (Å²) in [7, 11) is 0. The number of aryl methyl sites for hydroxylation is 1. The molecular formula is C18H18. The first-order chi connectivity index (χ1) is 8.84. The SMILES string of the molecule is Cc1ccc2c(c1C1CCC1)Cc1ccccc1-2. The normalized spacial score (nSPS) is 17.2. The van der Waals surface area contributed by atoms with Crippen LogP contribution < -0.4 is 0 Å². The molecule has 0 aliphatic heterocycles. The highest BCUT2D eigenvalue weighted by atomic mass is 14.3. The van der Waals surface area contributed by atoms with Crippen molar-refractivity contribution in [2.75, 3.05) is 0 Å². The summed E-state index contributed by atoms with van der Waals surface area (Å²) < 4.78 is 0. The molecule has 0 atom stereocenters. The standard InChI is InChI=1S/C18H18/c1-12-9-10-16-15-8-3-2-5-14(15)11-17(16)18(12)13-6-4-7-13/h2-3,5,8-10,13H,4,6-7,11H2,1H3. The van der Waals surface area contributed by atoms with Gasteiger partial charge in [-0.3, -0.25) is 0 Å². The van der Waals surface area contributed by atoms with Crippen LogP contribution in [0.4, 0.5) is 0 Å². The van der Waals surface area contributed by atoms with Crippen molar-refractivity contribution in [1.29, 1.82) is 0 Å². The molecule has 0 saturated heterocycles. The Morgan fingerprint density at radius 2 is 1.78 bits per heavy atom. The lowest BCUT2D eigenvalue weighted by atomic mass is 9.75. The quantitative estimate of drug-likeness (QED) is 0.565. The van der Waals surface area contributed by atoms with Crippen molar-refractivity contribution in [1.82, 2.24) is 0 Å². The van der Waals surface area contributed by atoms with E-state index in [4.69, 9.17) is 0 Å². The zero-order valence-electron chi connectivity index (χ0n) is 10.9. The van der Waals surface area contributed by atoms with Crippen LogP contribution in [0.15, 0.2) is 36.4 Å². The van der Waals surface area contributed by atoms with E-state index in [1.807, 2.05) is 0 Å². The van der Waals surface area contributed by atoms with Gasteiger partial charge in [-0.15, -0.1) is 0 Å². The van der Waals surface area contributed by atoms with Crippen molar-refractivity contribution in [2.24, 2.45) is 0 Å². The molecule has 2 aromatic rings. The fourth-order valence-electron chi connectivity index (χ4n) is 3.62. The minimum atomic E-state index is 0.842.